The molecule has 1 aliphatic rings. The Bertz CT molecular complexity index is 644. The Kier molecular flexibility index (Phi) is 7.29. The highest BCUT2D eigenvalue weighted by Gasteiger charge is 2.41. The molecule has 144 valence electrons. The quantitative estimate of drug-likeness (QED) is 0.734. The maximum Gasteiger partial charge on any atom is 0.331 e. The number of halogens is 1. The third-order valence-electron chi connectivity index (χ3n) is 4.76. The number of carbonyl (C=O) groups is 2. The summed E-state index contributed by atoms with van der Waals surface area (Å²) >= 11 is 6.06. The number of hydrogen-bond acceptors (Lipinski definition) is 5. The molecule has 1 aromatic rings. The first kappa shape index (κ1) is 20.5. The number of hydrogen-bond donors (Lipinski definition) is 1. The molecule has 0 heterocycles. The minimum atomic E-state index is -0.890. The largest absolute Gasteiger partial charge is 0.496 e. The molecule has 26 heavy (non-hydrogen) atoms. The van der Waals surface area contributed by atoms with Crippen molar-refractivity contribution in [2.24, 2.45) is 0 Å². The Balaban J connectivity index is 2.00. The van der Waals surface area contributed by atoms with E-state index < -0.39 is 5.54 Å². The molecule has 0 bridgehead atoms. The second kappa shape index (κ2) is 9.24. The molecule has 0 aromatic heterocycles. The third-order valence-corrected chi connectivity index (χ3v) is 4.99. The van der Waals surface area contributed by atoms with Crippen molar-refractivity contribution in [3.8, 4) is 5.75 Å². The SMILES string of the molecule is COC(=O)C1(NC(=O)CN(C)Cc2cc(Cl)ccc2OC)CCCCC1. The predicted molar refractivity (Wildman–Crippen MR) is 100 cm³/mol. The maximum atomic E-state index is 12.5. The smallest absolute Gasteiger partial charge is 0.331 e. The summed E-state index contributed by atoms with van der Waals surface area (Å²) in [6.07, 6.45) is 4.13. The number of rotatable bonds is 7. The number of methoxy groups -OCH3 is 2. The van der Waals surface area contributed by atoms with E-state index in [2.05, 4.69) is 5.32 Å². The third kappa shape index (κ3) is 5.11. The number of amides is 1. The van der Waals surface area contributed by atoms with Gasteiger partial charge in [-0.25, -0.2) is 4.79 Å². The number of nitrogens with zero attached hydrogens (tertiary/aromatic N) is 1. The summed E-state index contributed by atoms with van der Waals surface area (Å²) in [6, 6.07) is 5.39. The number of ether oxygens (including phenoxy) is 2. The van der Waals surface area contributed by atoms with Gasteiger partial charge in [0.25, 0.3) is 0 Å². The highest BCUT2D eigenvalue weighted by molar-refractivity contribution is 6.30. The first-order valence-corrected chi connectivity index (χ1v) is 9.18. The van der Waals surface area contributed by atoms with E-state index >= 15 is 0 Å². The topological polar surface area (TPSA) is 67.9 Å². The summed E-state index contributed by atoms with van der Waals surface area (Å²) < 4.78 is 10.3. The van der Waals surface area contributed by atoms with Crippen LogP contribution in [0.3, 0.4) is 0 Å². The summed E-state index contributed by atoms with van der Waals surface area (Å²) in [4.78, 5) is 26.6. The minimum Gasteiger partial charge on any atom is -0.496 e. The molecule has 1 N–H and O–H groups in total. The van der Waals surface area contributed by atoms with E-state index in [1.54, 1.807) is 19.2 Å². The minimum absolute atomic E-state index is 0.161. The summed E-state index contributed by atoms with van der Waals surface area (Å²) in [6.45, 7) is 0.663. The van der Waals surface area contributed by atoms with Gasteiger partial charge in [0.15, 0.2) is 0 Å². The summed E-state index contributed by atoms with van der Waals surface area (Å²) in [5, 5.41) is 3.54. The molecular weight excluding hydrogens is 356 g/mol. The predicted octanol–water partition coefficient (Wildman–Crippen LogP) is 2.77. The van der Waals surface area contributed by atoms with Gasteiger partial charge in [0.1, 0.15) is 11.3 Å². The molecule has 0 aliphatic heterocycles. The zero-order valence-electron chi connectivity index (χ0n) is 15.6. The lowest BCUT2D eigenvalue weighted by Gasteiger charge is -2.35. The Morgan fingerprint density at radius 3 is 2.54 bits per heavy atom. The van der Waals surface area contributed by atoms with Crippen LogP contribution in [0.4, 0.5) is 0 Å². The fourth-order valence-electron chi connectivity index (χ4n) is 3.50. The van der Waals surface area contributed by atoms with Gasteiger partial charge < -0.3 is 14.8 Å². The Morgan fingerprint density at radius 1 is 1.23 bits per heavy atom. The van der Waals surface area contributed by atoms with E-state index in [9.17, 15) is 9.59 Å². The number of carbonyl (C=O) groups excluding carboxylic acids is 2. The van der Waals surface area contributed by atoms with E-state index in [0.29, 0.717) is 24.4 Å². The van der Waals surface area contributed by atoms with Gasteiger partial charge in [-0.3, -0.25) is 9.69 Å². The second-order valence-corrected chi connectivity index (χ2v) is 7.25. The van der Waals surface area contributed by atoms with Crippen molar-refractivity contribution in [1.82, 2.24) is 10.2 Å². The lowest BCUT2D eigenvalue weighted by molar-refractivity contribution is -0.152. The fourth-order valence-corrected chi connectivity index (χ4v) is 3.69. The molecule has 1 saturated carbocycles. The molecule has 0 unspecified atom stereocenters. The molecule has 0 atom stereocenters. The van der Waals surface area contributed by atoms with Crippen LogP contribution in [0.1, 0.15) is 37.7 Å². The molecule has 1 aromatic carbocycles. The number of benzene rings is 1. The van der Waals surface area contributed by atoms with Crippen LogP contribution in [0.5, 0.6) is 5.75 Å². The van der Waals surface area contributed by atoms with Crippen LogP contribution in [0.2, 0.25) is 5.02 Å². The maximum absolute atomic E-state index is 12.5. The molecule has 0 radical (unpaired) electrons. The molecule has 1 aliphatic carbocycles. The fraction of sp³-hybridized carbons (Fsp3) is 0.579. The first-order valence-electron chi connectivity index (χ1n) is 8.80. The molecule has 0 spiro atoms. The van der Waals surface area contributed by atoms with Crippen molar-refractivity contribution in [3.05, 3.63) is 28.8 Å². The molecule has 7 heteroatoms. The molecule has 6 nitrogen and oxygen atoms in total. The summed E-state index contributed by atoms with van der Waals surface area (Å²) in [5.41, 5.74) is 0.00854. The molecule has 1 amide bonds. The van der Waals surface area contributed by atoms with Crippen molar-refractivity contribution in [2.45, 2.75) is 44.2 Å². The number of likely N-dealkylation sites (N-methyl/N-ethyl adjacent to an activating group) is 1. The first-order chi connectivity index (χ1) is 12.4. The Morgan fingerprint density at radius 2 is 1.92 bits per heavy atom. The summed E-state index contributed by atoms with van der Waals surface area (Å²) in [7, 11) is 4.80. The molecule has 1 fully saturated rings. The average Bonchev–Trinajstić information content (AvgIpc) is 2.61. The van der Waals surface area contributed by atoms with E-state index in [0.717, 1.165) is 30.6 Å². The highest BCUT2D eigenvalue weighted by Crippen LogP contribution is 2.29. The molecular formula is C19H27ClN2O4. The van der Waals surface area contributed by atoms with Gasteiger partial charge in [0.05, 0.1) is 20.8 Å². The molecule has 2 rings (SSSR count). The van der Waals surface area contributed by atoms with Crippen molar-refractivity contribution in [2.75, 3.05) is 27.8 Å². The zero-order chi connectivity index (χ0) is 19.2. The van der Waals surface area contributed by atoms with Gasteiger partial charge in [0.2, 0.25) is 5.91 Å². The average molecular weight is 383 g/mol. The van der Waals surface area contributed by atoms with Gasteiger partial charge in [-0.15, -0.1) is 0 Å². The van der Waals surface area contributed by atoms with Gasteiger partial charge in [-0.05, 0) is 38.1 Å². The lowest BCUT2D eigenvalue weighted by atomic mass is 9.81. The lowest BCUT2D eigenvalue weighted by Crippen LogP contribution is -2.57. The second-order valence-electron chi connectivity index (χ2n) is 6.81. The van der Waals surface area contributed by atoms with Crippen molar-refractivity contribution >= 4 is 23.5 Å². The van der Waals surface area contributed by atoms with Crippen LogP contribution in [-0.4, -0.2) is 50.1 Å². The Hall–Kier alpha value is -1.79. The normalized spacial score (nSPS) is 16.2. The van der Waals surface area contributed by atoms with Crippen LogP contribution in [0.15, 0.2) is 18.2 Å². The van der Waals surface area contributed by atoms with Crippen LogP contribution < -0.4 is 10.1 Å². The number of esters is 1. The Labute approximate surface area is 159 Å². The zero-order valence-corrected chi connectivity index (χ0v) is 16.4. The molecule has 0 saturated heterocycles. The standard InChI is InChI=1S/C19H27ClN2O4/c1-22(12-14-11-15(20)7-8-16(14)25-2)13-17(23)21-19(18(24)26-3)9-5-4-6-10-19/h7-8,11H,4-6,9-10,12-13H2,1-3H3,(H,21,23). The monoisotopic (exact) mass is 382 g/mol. The van der Waals surface area contributed by atoms with Crippen molar-refractivity contribution in [3.63, 3.8) is 0 Å². The van der Waals surface area contributed by atoms with Crippen molar-refractivity contribution < 1.29 is 19.1 Å². The van der Waals surface area contributed by atoms with E-state index in [-0.39, 0.29) is 18.4 Å². The van der Waals surface area contributed by atoms with Crippen LogP contribution in [0.25, 0.3) is 0 Å². The van der Waals surface area contributed by atoms with E-state index in [1.165, 1.54) is 7.11 Å². The van der Waals surface area contributed by atoms with E-state index in [1.807, 2.05) is 18.0 Å². The van der Waals surface area contributed by atoms with Crippen molar-refractivity contribution in [1.29, 1.82) is 0 Å². The van der Waals surface area contributed by atoms with Gasteiger partial charge >= 0.3 is 5.97 Å². The van der Waals surface area contributed by atoms with E-state index in [4.69, 9.17) is 21.1 Å². The van der Waals surface area contributed by atoms with Crippen LogP contribution in [-0.2, 0) is 20.9 Å². The van der Waals surface area contributed by atoms with Gasteiger partial charge in [-0.1, -0.05) is 30.9 Å². The summed E-state index contributed by atoms with van der Waals surface area (Å²) in [5.74, 6) is 0.172. The van der Waals surface area contributed by atoms with Gasteiger partial charge in [-0.2, -0.15) is 0 Å². The van der Waals surface area contributed by atoms with Crippen LogP contribution >= 0.6 is 11.6 Å². The van der Waals surface area contributed by atoms with Gasteiger partial charge in [0, 0.05) is 17.1 Å². The highest BCUT2D eigenvalue weighted by atomic mass is 35.5. The number of nitrogens with one attached hydrogen (secondary N) is 1. The van der Waals surface area contributed by atoms with Crippen LogP contribution in [0, 0.1) is 0 Å².